The molecule has 5 rings (SSSR count). The van der Waals surface area contributed by atoms with E-state index >= 15 is 0 Å². The van der Waals surface area contributed by atoms with Gasteiger partial charge in [-0.15, -0.1) is 0 Å². The molecule has 7 heteroatoms. The Hall–Kier alpha value is -2.41. The molecule has 1 aromatic carbocycles. The molecule has 1 saturated heterocycles. The first-order valence-electron chi connectivity index (χ1n) is 9.23. The van der Waals surface area contributed by atoms with E-state index in [4.69, 9.17) is 19.2 Å². The smallest absolute Gasteiger partial charge is 0.231 e. The number of ether oxygens (including phenoxy) is 3. The molecule has 0 amide bonds. The Bertz CT molecular complexity index is 890. The molecule has 0 bridgehead atoms. The summed E-state index contributed by atoms with van der Waals surface area (Å²) < 4.78 is 17.2. The number of hydrogen-bond acceptors (Lipinski definition) is 7. The monoisotopic (exact) mass is 383 g/mol. The van der Waals surface area contributed by atoms with Crippen molar-refractivity contribution in [3.05, 3.63) is 47.8 Å². The van der Waals surface area contributed by atoms with Crippen LogP contribution in [0.1, 0.15) is 37.2 Å². The van der Waals surface area contributed by atoms with E-state index in [-0.39, 0.29) is 18.9 Å². The Morgan fingerprint density at radius 1 is 1.26 bits per heavy atom. The van der Waals surface area contributed by atoms with Gasteiger partial charge in [0.05, 0.1) is 18.3 Å². The maximum atomic E-state index is 5.99. The van der Waals surface area contributed by atoms with Crippen LogP contribution in [0.4, 0.5) is 0 Å². The number of nitrogens with zero attached hydrogens (tertiary/aromatic N) is 3. The lowest BCUT2D eigenvalue weighted by atomic mass is 9.95. The molecule has 0 aliphatic carbocycles. The lowest BCUT2D eigenvalue weighted by Gasteiger charge is -2.29. The second-order valence-corrected chi connectivity index (χ2v) is 8.22. The summed E-state index contributed by atoms with van der Waals surface area (Å²) in [4.78, 5) is 12.0. The summed E-state index contributed by atoms with van der Waals surface area (Å²) in [5.41, 5.74) is 2.04. The van der Waals surface area contributed by atoms with Crippen molar-refractivity contribution in [2.45, 2.75) is 31.2 Å². The highest BCUT2D eigenvalue weighted by Crippen LogP contribution is 2.51. The van der Waals surface area contributed by atoms with Crippen LogP contribution in [-0.4, -0.2) is 40.2 Å². The van der Waals surface area contributed by atoms with E-state index in [1.165, 1.54) is 0 Å². The minimum Gasteiger partial charge on any atom is -0.493 e. The van der Waals surface area contributed by atoms with Crippen LogP contribution in [0.3, 0.4) is 0 Å². The maximum Gasteiger partial charge on any atom is 0.231 e. The molecule has 1 fully saturated rings. The Kier molecular flexibility index (Phi) is 4.11. The van der Waals surface area contributed by atoms with Crippen molar-refractivity contribution < 1.29 is 14.2 Å². The molecular weight excluding hydrogens is 362 g/mol. The third-order valence-electron chi connectivity index (χ3n) is 5.00. The highest BCUT2D eigenvalue weighted by molar-refractivity contribution is 8.14. The summed E-state index contributed by atoms with van der Waals surface area (Å²) in [5.74, 6) is 2.33. The van der Waals surface area contributed by atoms with Gasteiger partial charge in [-0.05, 0) is 25.1 Å². The minimum absolute atomic E-state index is 0.0309. The topological polar surface area (TPSA) is 56.2 Å². The molecule has 27 heavy (non-hydrogen) atoms. The summed E-state index contributed by atoms with van der Waals surface area (Å²) >= 11 is 1.83. The first kappa shape index (κ1) is 16.7. The van der Waals surface area contributed by atoms with Crippen molar-refractivity contribution in [1.29, 1.82) is 0 Å². The highest BCUT2D eigenvalue weighted by atomic mass is 32.2. The van der Waals surface area contributed by atoms with Crippen LogP contribution in [0.5, 0.6) is 17.2 Å². The fraction of sp³-hybridized carbons (Fsp3) is 0.400. The molecular formula is C20H21N3O3S. The summed E-state index contributed by atoms with van der Waals surface area (Å²) in [6.07, 6.45) is 1.83. The van der Waals surface area contributed by atoms with Crippen LogP contribution in [0.25, 0.3) is 0 Å². The van der Waals surface area contributed by atoms with Gasteiger partial charge in [-0.3, -0.25) is 9.98 Å². The standard InChI is InChI=1S/C20H21N3O3S/c1-3-24-15-9-17-16(25-11-26-17)8-13(15)19-18(14-6-4-5-7-21-14)22-20-23(19)10-12(2)27-20/h4-9,12,18-19H,3,10-11H2,1-2H3/t12-,18-,19+/m0/s1. The molecule has 0 spiro atoms. The van der Waals surface area contributed by atoms with Gasteiger partial charge in [0.15, 0.2) is 16.7 Å². The molecule has 3 atom stereocenters. The lowest BCUT2D eigenvalue weighted by Crippen LogP contribution is -2.29. The van der Waals surface area contributed by atoms with Gasteiger partial charge in [-0.25, -0.2) is 0 Å². The van der Waals surface area contributed by atoms with Crippen LogP contribution in [-0.2, 0) is 0 Å². The van der Waals surface area contributed by atoms with E-state index in [1.807, 2.05) is 49.1 Å². The number of fused-ring (bicyclic) bond motifs is 2. The molecule has 140 valence electrons. The maximum absolute atomic E-state index is 5.99. The number of benzene rings is 1. The van der Waals surface area contributed by atoms with Gasteiger partial charge in [0, 0.05) is 29.6 Å². The Balaban J connectivity index is 1.63. The van der Waals surface area contributed by atoms with E-state index in [0.29, 0.717) is 11.9 Å². The van der Waals surface area contributed by atoms with Crippen LogP contribution < -0.4 is 14.2 Å². The third kappa shape index (κ3) is 2.81. The molecule has 0 N–H and O–H groups in total. The fourth-order valence-electron chi connectivity index (χ4n) is 3.90. The van der Waals surface area contributed by atoms with Crippen molar-refractivity contribution >= 4 is 16.9 Å². The molecule has 1 aromatic heterocycles. The second-order valence-electron chi connectivity index (χ2n) is 6.81. The van der Waals surface area contributed by atoms with Crippen LogP contribution >= 0.6 is 11.8 Å². The average molecular weight is 383 g/mol. The molecule has 4 heterocycles. The number of pyridine rings is 1. The van der Waals surface area contributed by atoms with Crippen LogP contribution in [0.2, 0.25) is 0 Å². The number of thioether (sulfide) groups is 1. The Morgan fingerprint density at radius 2 is 2.11 bits per heavy atom. The summed E-state index contributed by atoms with van der Waals surface area (Å²) in [5, 5.41) is 1.60. The van der Waals surface area contributed by atoms with Crippen LogP contribution in [0, 0.1) is 0 Å². The van der Waals surface area contributed by atoms with E-state index < -0.39 is 0 Å². The van der Waals surface area contributed by atoms with Crippen molar-refractivity contribution in [3.63, 3.8) is 0 Å². The number of rotatable bonds is 4. The van der Waals surface area contributed by atoms with E-state index in [2.05, 4.69) is 22.9 Å². The van der Waals surface area contributed by atoms with Gasteiger partial charge in [0.25, 0.3) is 0 Å². The molecule has 0 saturated carbocycles. The predicted octanol–water partition coefficient (Wildman–Crippen LogP) is 3.80. The second kappa shape index (κ2) is 6.64. The van der Waals surface area contributed by atoms with Crippen molar-refractivity contribution in [3.8, 4) is 17.2 Å². The largest absolute Gasteiger partial charge is 0.493 e. The fourth-order valence-corrected chi connectivity index (χ4v) is 5.00. The number of amidine groups is 1. The van der Waals surface area contributed by atoms with Gasteiger partial charge in [0.2, 0.25) is 6.79 Å². The first-order valence-corrected chi connectivity index (χ1v) is 10.1. The quantitative estimate of drug-likeness (QED) is 0.801. The molecule has 3 aliphatic heterocycles. The normalized spacial score (nSPS) is 25.5. The van der Waals surface area contributed by atoms with E-state index in [9.17, 15) is 0 Å². The SMILES string of the molecule is CCOc1cc2c(cc1[C@@H]1[C@H](c3ccccn3)N=C3S[C@@H](C)CN31)OCO2. The van der Waals surface area contributed by atoms with Crippen molar-refractivity contribution in [2.75, 3.05) is 19.9 Å². The highest BCUT2D eigenvalue weighted by Gasteiger charge is 2.45. The van der Waals surface area contributed by atoms with Gasteiger partial charge < -0.3 is 19.1 Å². The third-order valence-corrected chi connectivity index (χ3v) is 6.11. The summed E-state index contributed by atoms with van der Waals surface area (Å²) in [6, 6.07) is 9.96. The zero-order valence-electron chi connectivity index (χ0n) is 15.3. The van der Waals surface area contributed by atoms with Gasteiger partial charge in [0.1, 0.15) is 11.8 Å². The number of hydrogen-bond donors (Lipinski definition) is 0. The Morgan fingerprint density at radius 3 is 2.89 bits per heavy atom. The predicted molar refractivity (Wildman–Crippen MR) is 105 cm³/mol. The van der Waals surface area contributed by atoms with Crippen molar-refractivity contribution in [1.82, 2.24) is 9.88 Å². The number of aliphatic imine (C=N–C) groups is 1. The van der Waals surface area contributed by atoms with Gasteiger partial charge in [-0.1, -0.05) is 24.8 Å². The molecule has 6 nitrogen and oxygen atoms in total. The molecule has 3 aliphatic rings. The molecule has 2 aromatic rings. The van der Waals surface area contributed by atoms with Gasteiger partial charge >= 0.3 is 0 Å². The minimum atomic E-state index is -0.0687. The average Bonchev–Trinajstić information content (AvgIpc) is 3.35. The summed E-state index contributed by atoms with van der Waals surface area (Å²) in [6.45, 7) is 6.03. The zero-order valence-corrected chi connectivity index (χ0v) is 16.1. The lowest BCUT2D eigenvalue weighted by molar-refractivity contribution is 0.173. The Labute approximate surface area is 162 Å². The zero-order chi connectivity index (χ0) is 18.4. The number of aromatic nitrogens is 1. The van der Waals surface area contributed by atoms with E-state index in [1.54, 1.807) is 0 Å². The first-order chi connectivity index (χ1) is 13.2. The summed E-state index contributed by atoms with van der Waals surface area (Å²) in [7, 11) is 0. The van der Waals surface area contributed by atoms with E-state index in [0.717, 1.165) is 40.2 Å². The van der Waals surface area contributed by atoms with Gasteiger partial charge in [-0.2, -0.15) is 0 Å². The molecule has 0 unspecified atom stereocenters. The van der Waals surface area contributed by atoms with Crippen molar-refractivity contribution in [2.24, 2.45) is 4.99 Å². The van der Waals surface area contributed by atoms with Crippen LogP contribution in [0.15, 0.2) is 41.5 Å². The molecule has 0 radical (unpaired) electrons.